The highest BCUT2D eigenvalue weighted by molar-refractivity contribution is 5.90. The van der Waals surface area contributed by atoms with E-state index < -0.39 is 0 Å². The summed E-state index contributed by atoms with van der Waals surface area (Å²) in [6.45, 7) is 4.40. The monoisotopic (exact) mass is 370 g/mol. The third kappa shape index (κ3) is 7.50. The molecule has 0 saturated carbocycles. The number of hydrogen-bond donors (Lipinski definition) is 2. The second-order valence-corrected chi connectivity index (χ2v) is 6.03. The van der Waals surface area contributed by atoms with Crippen LogP contribution in [0.3, 0.4) is 0 Å². The van der Waals surface area contributed by atoms with Crippen molar-refractivity contribution in [1.29, 1.82) is 0 Å². The largest absolute Gasteiger partial charge is 0.491 e. The minimum Gasteiger partial charge on any atom is -0.491 e. The molecule has 0 radical (unpaired) electrons. The summed E-state index contributed by atoms with van der Waals surface area (Å²) in [5.74, 6) is 0.556. The normalized spacial score (nSPS) is 11.5. The highest BCUT2D eigenvalue weighted by Gasteiger charge is 2.10. The quantitative estimate of drug-likeness (QED) is 0.629. The molecule has 2 aromatic rings. The van der Waals surface area contributed by atoms with Crippen LogP contribution in [0.2, 0.25) is 0 Å². The second-order valence-electron chi connectivity index (χ2n) is 6.03. The van der Waals surface area contributed by atoms with Crippen LogP contribution in [0.5, 0.6) is 5.75 Å². The molecule has 27 heavy (non-hydrogen) atoms. The number of amides is 2. The van der Waals surface area contributed by atoms with Crippen LogP contribution in [-0.2, 0) is 14.3 Å². The molecule has 0 saturated heterocycles. The van der Waals surface area contributed by atoms with Gasteiger partial charge in [-0.05, 0) is 36.8 Å². The van der Waals surface area contributed by atoms with Gasteiger partial charge in [-0.1, -0.05) is 37.3 Å². The van der Waals surface area contributed by atoms with Gasteiger partial charge in [-0.2, -0.15) is 0 Å². The fourth-order valence-electron chi connectivity index (χ4n) is 2.37. The number of benzene rings is 2. The molecule has 0 aliphatic rings. The van der Waals surface area contributed by atoms with Crippen molar-refractivity contribution in [2.75, 3.05) is 25.1 Å². The average Bonchev–Trinajstić information content (AvgIpc) is 2.69. The molecule has 6 heteroatoms. The van der Waals surface area contributed by atoms with Crippen LogP contribution in [0.15, 0.2) is 54.6 Å². The SMILES string of the molecule is CCC(=O)Nc1ccc(C(C)NC(=O)COCCOc2ccccc2)cc1. The number of carbonyl (C=O) groups is 2. The molecule has 144 valence electrons. The number of nitrogens with one attached hydrogen (secondary N) is 2. The molecular weight excluding hydrogens is 344 g/mol. The predicted octanol–water partition coefficient (Wildman–Crippen LogP) is 3.31. The standard InChI is InChI=1S/C21H26N2O4/c1-3-20(24)23-18-11-9-17(10-12-18)16(2)22-21(25)15-26-13-14-27-19-7-5-4-6-8-19/h4-12,16H,3,13-15H2,1-2H3,(H,22,25)(H,23,24). The molecule has 2 rings (SSSR count). The van der Waals surface area contributed by atoms with E-state index in [9.17, 15) is 9.59 Å². The highest BCUT2D eigenvalue weighted by atomic mass is 16.5. The molecule has 1 atom stereocenters. The molecule has 0 aromatic heterocycles. The number of anilines is 1. The first-order valence-electron chi connectivity index (χ1n) is 9.03. The Bertz CT molecular complexity index is 717. The van der Waals surface area contributed by atoms with E-state index in [1.807, 2.05) is 61.5 Å². The van der Waals surface area contributed by atoms with Crippen molar-refractivity contribution in [1.82, 2.24) is 5.32 Å². The van der Waals surface area contributed by atoms with Gasteiger partial charge in [0, 0.05) is 12.1 Å². The third-order valence-electron chi connectivity index (χ3n) is 3.87. The Morgan fingerprint density at radius 1 is 0.963 bits per heavy atom. The maximum Gasteiger partial charge on any atom is 0.246 e. The van der Waals surface area contributed by atoms with E-state index in [1.54, 1.807) is 6.92 Å². The number of rotatable bonds is 10. The molecule has 2 amide bonds. The van der Waals surface area contributed by atoms with Gasteiger partial charge < -0.3 is 20.1 Å². The molecule has 2 N–H and O–H groups in total. The Balaban J connectivity index is 1.66. The molecule has 2 aromatic carbocycles. The number of hydrogen-bond acceptors (Lipinski definition) is 4. The summed E-state index contributed by atoms with van der Waals surface area (Å²) in [6.07, 6.45) is 0.435. The molecule has 1 unspecified atom stereocenters. The maximum atomic E-state index is 12.0. The first-order chi connectivity index (χ1) is 13.1. The van der Waals surface area contributed by atoms with Crippen molar-refractivity contribution in [2.24, 2.45) is 0 Å². The van der Waals surface area contributed by atoms with Gasteiger partial charge in [-0.3, -0.25) is 9.59 Å². The van der Waals surface area contributed by atoms with Gasteiger partial charge in [0.25, 0.3) is 0 Å². The minimum atomic E-state index is -0.189. The Labute approximate surface area is 159 Å². The van der Waals surface area contributed by atoms with Gasteiger partial charge in [0.1, 0.15) is 19.0 Å². The minimum absolute atomic E-state index is 0.0207. The van der Waals surface area contributed by atoms with Crippen molar-refractivity contribution in [2.45, 2.75) is 26.3 Å². The van der Waals surface area contributed by atoms with E-state index in [4.69, 9.17) is 9.47 Å². The lowest BCUT2D eigenvalue weighted by molar-refractivity contribution is -0.126. The molecule has 0 spiro atoms. The highest BCUT2D eigenvalue weighted by Crippen LogP contribution is 2.16. The van der Waals surface area contributed by atoms with Crippen molar-refractivity contribution < 1.29 is 19.1 Å². The number of ether oxygens (including phenoxy) is 2. The molecule has 0 bridgehead atoms. The van der Waals surface area contributed by atoms with Crippen LogP contribution >= 0.6 is 0 Å². The van der Waals surface area contributed by atoms with E-state index >= 15 is 0 Å². The van der Waals surface area contributed by atoms with E-state index in [2.05, 4.69) is 10.6 Å². The van der Waals surface area contributed by atoms with Crippen molar-refractivity contribution in [3.8, 4) is 5.75 Å². The number of carbonyl (C=O) groups excluding carboxylic acids is 2. The van der Waals surface area contributed by atoms with Gasteiger partial charge in [0.05, 0.1) is 12.6 Å². The summed E-state index contributed by atoms with van der Waals surface area (Å²) in [4.78, 5) is 23.4. The first-order valence-corrected chi connectivity index (χ1v) is 9.03. The smallest absolute Gasteiger partial charge is 0.246 e. The van der Waals surface area contributed by atoms with Crippen molar-refractivity contribution >= 4 is 17.5 Å². The Kier molecular flexibility index (Phi) is 8.32. The molecule has 0 aliphatic carbocycles. The predicted molar refractivity (Wildman–Crippen MR) is 105 cm³/mol. The maximum absolute atomic E-state index is 12.0. The van der Waals surface area contributed by atoms with Gasteiger partial charge in [0.2, 0.25) is 11.8 Å². The van der Waals surface area contributed by atoms with Crippen LogP contribution in [0.4, 0.5) is 5.69 Å². The van der Waals surface area contributed by atoms with Crippen LogP contribution in [-0.4, -0.2) is 31.6 Å². The summed E-state index contributed by atoms with van der Waals surface area (Å²) < 4.78 is 10.8. The summed E-state index contributed by atoms with van der Waals surface area (Å²) in [5.41, 5.74) is 1.69. The molecule has 0 aliphatic heterocycles. The Hall–Kier alpha value is -2.86. The van der Waals surface area contributed by atoms with Crippen LogP contribution < -0.4 is 15.4 Å². The van der Waals surface area contributed by atoms with E-state index in [0.29, 0.717) is 19.6 Å². The van der Waals surface area contributed by atoms with Crippen LogP contribution in [0.25, 0.3) is 0 Å². The fraction of sp³-hybridized carbons (Fsp3) is 0.333. The Morgan fingerprint density at radius 2 is 1.67 bits per heavy atom. The zero-order valence-electron chi connectivity index (χ0n) is 15.7. The van der Waals surface area contributed by atoms with Crippen LogP contribution in [0.1, 0.15) is 31.9 Å². The summed E-state index contributed by atoms with van der Waals surface area (Å²) in [7, 11) is 0. The van der Waals surface area contributed by atoms with E-state index in [0.717, 1.165) is 17.0 Å². The molecule has 6 nitrogen and oxygen atoms in total. The number of para-hydroxylation sites is 1. The molecular formula is C21H26N2O4. The molecule has 0 fully saturated rings. The lowest BCUT2D eigenvalue weighted by atomic mass is 10.1. The first kappa shape index (κ1) is 20.5. The summed E-state index contributed by atoms with van der Waals surface area (Å²) in [6, 6.07) is 16.7. The zero-order chi connectivity index (χ0) is 19.5. The summed E-state index contributed by atoms with van der Waals surface area (Å²) >= 11 is 0. The van der Waals surface area contributed by atoms with Crippen LogP contribution in [0, 0.1) is 0 Å². The van der Waals surface area contributed by atoms with E-state index in [1.165, 1.54) is 0 Å². The molecule has 0 heterocycles. The van der Waals surface area contributed by atoms with Crippen molar-refractivity contribution in [3.05, 3.63) is 60.2 Å². The average molecular weight is 370 g/mol. The lowest BCUT2D eigenvalue weighted by Gasteiger charge is -2.15. The third-order valence-corrected chi connectivity index (χ3v) is 3.87. The summed E-state index contributed by atoms with van der Waals surface area (Å²) in [5, 5.41) is 5.68. The van der Waals surface area contributed by atoms with Gasteiger partial charge in [0.15, 0.2) is 0 Å². The van der Waals surface area contributed by atoms with Gasteiger partial charge >= 0.3 is 0 Å². The van der Waals surface area contributed by atoms with E-state index in [-0.39, 0.29) is 24.5 Å². The topological polar surface area (TPSA) is 76.7 Å². The second kappa shape index (κ2) is 11.0. The van der Waals surface area contributed by atoms with Crippen molar-refractivity contribution in [3.63, 3.8) is 0 Å². The Morgan fingerprint density at radius 3 is 2.33 bits per heavy atom. The van der Waals surface area contributed by atoms with Gasteiger partial charge in [-0.15, -0.1) is 0 Å². The zero-order valence-corrected chi connectivity index (χ0v) is 15.7. The lowest BCUT2D eigenvalue weighted by Crippen LogP contribution is -2.30. The fourth-order valence-corrected chi connectivity index (χ4v) is 2.37. The van der Waals surface area contributed by atoms with Gasteiger partial charge in [-0.25, -0.2) is 0 Å².